The molecule has 7 heteroatoms. The number of hydrogen-bond donors (Lipinski definition) is 2. The van der Waals surface area contributed by atoms with E-state index in [-0.39, 0.29) is 5.91 Å². The zero-order valence-electron chi connectivity index (χ0n) is 17.1. The molecule has 2 N–H and O–H groups in total. The fourth-order valence-corrected chi connectivity index (χ4v) is 5.48. The molecule has 1 saturated heterocycles. The second kappa shape index (κ2) is 11.5. The average Bonchev–Trinajstić information content (AvgIpc) is 2.74. The quantitative estimate of drug-likeness (QED) is 0.677. The first-order chi connectivity index (χ1) is 14.1. The minimum Gasteiger partial charge on any atom is -0.465 e. The fourth-order valence-electron chi connectivity index (χ4n) is 4.22. The number of carboxylic acid groups (broad SMARTS) is 1. The van der Waals surface area contributed by atoms with Crippen LogP contribution in [-0.2, 0) is 11.3 Å². The Morgan fingerprint density at radius 3 is 2.41 bits per heavy atom. The Kier molecular flexibility index (Phi) is 8.68. The lowest BCUT2D eigenvalue weighted by molar-refractivity contribution is -0.134. The van der Waals surface area contributed by atoms with Gasteiger partial charge in [0.2, 0.25) is 5.91 Å². The number of rotatable bonds is 8. The van der Waals surface area contributed by atoms with Crippen LogP contribution in [0.1, 0.15) is 37.7 Å². The summed E-state index contributed by atoms with van der Waals surface area (Å²) >= 11 is 1.72. The number of benzene rings is 1. The third-order valence-corrected chi connectivity index (χ3v) is 7.17. The summed E-state index contributed by atoms with van der Waals surface area (Å²) in [5, 5.41) is 11.6. The first-order valence-corrected chi connectivity index (χ1v) is 11.9. The Morgan fingerprint density at radius 2 is 1.76 bits per heavy atom. The van der Waals surface area contributed by atoms with Gasteiger partial charge in [-0.2, -0.15) is 11.8 Å². The smallest absolute Gasteiger partial charge is 0.405 e. The summed E-state index contributed by atoms with van der Waals surface area (Å²) in [6, 6.07) is 9.69. The van der Waals surface area contributed by atoms with E-state index in [4.69, 9.17) is 0 Å². The number of nitrogens with one attached hydrogen (secondary N) is 1. The van der Waals surface area contributed by atoms with Gasteiger partial charge in [-0.1, -0.05) is 49.6 Å². The van der Waals surface area contributed by atoms with Crippen LogP contribution in [-0.4, -0.2) is 70.6 Å². The second-order valence-corrected chi connectivity index (χ2v) is 9.21. The predicted octanol–water partition coefficient (Wildman–Crippen LogP) is 3.28. The summed E-state index contributed by atoms with van der Waals surface area (Å²) < 4.78 is 0. The molecule has 29 heavy (non-hydrogen) atoms. The molecule has 1 atom stereocenters. The van der Waals surface area contributed by atoms with Gasteiger partial charge in [0.15, 0.2) is 0 Å². The van der Waals surface area contributed by atoms with Crippen molar-refractivity contribution in [3.05, 3.63) is 35.9 Å². The average molecular weight is 420 g/mol. The molecular weight excluding hydrogens is 386 g/mol. The molecule has 1 aliphatic carbocycles. The van der Waals surface area contributed by atoms with E-state index in [1.165, 1.54) is 37.7 Å². The topological polar surface area (TPSA) is 72.9 Å². The van der Waals surface area contributed by atoms with E-state index in [9.17, 15) is 14.7 Å². The van der Waals surface area contributed by atoms with Gasteiger partial charge in [-0.15, -0.1) is 0 Å². The Labute approximate surface area is 178 Å². The number of carbonyl (C=O) groups is 2. The van der Waals surface area contributed by atoms with Crippen molar-refractivity contribution in [1.82, 2.24) is 15.1 Å². The van der Waals surface area contributed by atoms with Gasteiger partial charge in [0.1, 0.15) is 6.04 Å². The number of piperazine rings is 1. The number of nitrogens with zero attached hydrogens (tertiary/aromatic N) is 2. The highest BCUT2D eigenvalue weighted by Gasteiger charge is 2.29. The standard InChI is InChI=1S/C22H33N3O3S/c26-21(20(23-22(27)28)17-29-16-19-9-5-2-6-10-19)25-13-11-24(12-14-25)15-18-7-3-1-4-8-18/h1,3-4,7-8,19-20,23H,2,5-6,9-17H2,(H,27,28)/t20-/m0/s1. The van der Waals surface area contributed by atoms with Crippen LogP contribution < -0.4 is 5.32 Å². The van der Waals surface area contributed by atoms with Crippen LogP contribution in [0.15, 0.2) is 30.3 Å². The molecule has 2 aliphatic rings. The van der Waals surface area contributed by atoms with Gasteiger partial charge >= 0.3 is 6.09 Å². The normalized spacial score (nSPS) is 19.7. The van der Waals surface area contributed by atoms with Crippen molar-refractivity contribution in [2.45, 2.75) is 44.7 Å². The summed E-state index contributed by atoms with van der Waals surface area (Å²) in [5.74, 6) is 2.18. The zero-order valence-corrected chi connectivity index (χ0v) is 17.9. The maximum Gasteiger partial charge on any atom is 0.405 e. The summed E-state index contributed by atoms with van der Waals surface area (Å²) in [5.41, 5.74) is 1.27. The van der Waals surface area contributed by atoms with Crippen molar-refractivity contribution in [3.8, 4) is 0 Å². The third-order valence-electron chi connectivity index (χ3n) is 5.89. The first kappa shape index (κ1) is 22.0. The molecule has 0 spiro atoms. The molecule has 1 heterocycles. The van der Waals surface area contributed by atoms with Gasteiger partial charge in [0.25, 0.3) is 0 Å². The van der Waals surface area contributed by atoms with Crippen LogP contribution in [0.2, 0.25) is 0 Å². The number of carbonyl (C=O) groups excluding carboxylic acids is 1. The lowest BCUT2D eigenvalue weighted by Crippen LogP contribution is -2.55. The molecule has 0 radical (unpaired) electrons. The number of thioether (sulfide) groups is 1. The zero-order chi connectivity index (χ0) is 20.5. The fraction of sp³-hybridized carbons (Fsp3) is 0.636. The molecule has 1 aromatic rings. The van der Waals surface area contributed by atoms with Gasteiger partial charge in [0, 0.05) is 38.5 Å². The van der Waals surface area contributed by atoms with Gasteiger partial charge in [-0.25, -0.2) is 4.79 Å². The van der Waals surface area contributed by atoms with E-state index < -0.39 is 12.1 Å². The highest BCUT2D eigenvalue weighted by molar-refractivity contribution is 7.99. The van der Waals surface area contributed by atoms with Crippen LogP contribution in [0.5, 0.6) is 0 Å². The lowest BCUT2D eigenvalue weighted by Gasteiger charge is -2.36. The Balaban J connectivity index is 1.45. The van der Waals surface area contributed by atoms with Crippen LogP contribution in [0.4, 0.5) is 4.79 Å². The van der Waals surface area contributed by atoms with Crippen LogP contribution >= 0.6 is 11.8 Å². The van der Waals surface area contributed by atoms with E-state index in [0.717, 1.165) is 31.3 Å². The van der Waals surface area contributed by atoms with Gasteiger partial charge in [-0.3, -0.25) is 9.69 Å². The highest BCUT2D eigenvalue weighted by Crippen LogP contribution is 2.27. The molecule has 0 unspecified atom stereocenters. The Bertz CT molecular complexity index is 644. The minimum atomic E-state index is -1.12. The summed E-state index contributed by atoms with van der Waals surface area (Å²) in [7, 11) is 0. The van der Waals surface area contributed by atoms with Crippen molar-refractivity contribution in [2.24, 2.45) is 5.92 Å². The number of amides is 2. The van der Waals surface area contributed by atoms with Crippen molar-refractivity contribution in [1.29, 1.82) is 0 Å². The largest absolute Gasteiger partial charge is 0.465 e. The molecule has 160 valence electrons. The highest BCUT2D eigenvalue weighted by atomic mass is 32.2. The monoisotopic (exact) mass is 419 g/mol. The summed E-state index contributed by atoms with van der Waals surface area (Å²) in [6.07, 6.45) is 5.34. The van der Waals surface area contributed by atoms with Gasteiger partial charge < -0.3 is 15.3 Å². The van der Waals surface area contributed by atoms with Gasteiger partial charge in [-0.05, 0) is 30.1 Å². The SMILES string of the molecule is O=C(O)N[C@@H](CSCC1CCCCC1)C(=O)N1CCN(Cc2ccccc2)CC1. The van der Waals surface area contributed by atoms with Crippen molar-refractivity contribution < 1.29 is 14.7 Å². The molecule has 1 saturated carbocycles. The summed E-state index contributed by atoms with van der Waals surface area (Å²) in [4.78, 5) is 28.3. The molecule has 1 aliphatic heterocycles. The van der Waals surface area contributed by atoms with Crippen molar-refractivity contribution in [3.63, 3.8) is 0 Å². The van der Waals surface area contributed by atoms with Crippen LogP contribution in [0, 0.1) is 5.92 Å². The molecule has 3 rings (SSSR count). The molecular formula is C22H33N3O3S. The molecule has 2 fully saturated rings. The first-order valence-electron chi connectivity index (χ1n) is 10.7. The molecule has 1 aromatic carbocycles. The minimum absolute atomic E-state index is 0.0806. The third kappa shape index (κ3) is 7.23. The molecule has 0 bridgehead atoms. The Hall–Kier alpha value is -1.73. The lowest BCUT2D eigenvalue weighted by atomic mass is 9.91. The Morgan fingerprint density at radius 1 is 1.07 bits per heavy atom. The number of hydrogen-bond acceptors (Lipinski definition) is 4. The van der Waals surface area contributed by atoms with E-state index in [2.05, 4.69) is 22.3 Å². The molecule has 2 amide bonds. The molecule has 6 nitrogen and oxygen atoms in total. The van der Waals surface area contributed by atoms with Gasteiger partial charge in [0.05, 0.1) is 0 Å². The van der Waals surface area contributed by atoms with E-state index in [1.807, 2.05) is 23.1 Å². The maximum atomic E-state index is 12.9. The van der Waals surface area contributed by atoms with Crippen LogP contribution in [0.3, 0.4) is 0 Å². The molecule has 0 aromatic heterocycles. The van der Waals surface area contributed by atoms with Crippen LogP contribution in [0.25, 0.3) is 0 Å². The van der Waals surface area contributed by atoms with Crippen molar-refractivity contribution >= 4 is 23.8 Å². The van der Waals surface area contributed by atoms with E-state index >= 15 is 0 Å². The van der Waals surface area contributed by atoms with E-state index in [1.54, 1.807) is 11.8 Å². The second-order valence-electron chi connectivity index (χ2n) is 8.13. The predicted molar refractivity (Wildman–Crippen MR) is 117 cm³/mol. The summed E-state index contributed by atoms with van der Waals surface area (Å²) in [6.45, 7) is 3.82. The van der Waals surface area contributed by atoms with E-state index in [0.29, 0.717) is 18.8 Å². The maximum absolute atomic E-state index is 12.9. The van der Waals surface area contributed by atoms with Crippen molar-refractivity contribution in [2.75, 3.05) is 37.7 Å².